The van der Waals surface area contributed by atoms with Crippen LogP contribution < -0.4 is 9.62 Å². The van der Waals surface area contributed by atoms with Crippen LogP contribution in [0.15, 0.2) is 72.8 Å². The standard InChI is InChI=1S/C31H35ClF3N3O4S/c1-21-11-9-10-14-23(21)19-37(27(29(40)36-30(2,3)4)17-22-12-7-6-8-13-22)28(39)20-38(43(5,41)42)26-18-24(31(33,34)35)15-16-25(26)32/h6-16,18,27H,17,19-20H2,1-5H3,(H,36,40). The number of alkyl halides is 3. The number of hydrogen-bond donors (Lipinski definition) is 1. The van der Waals surface area contributed by atoms with Crippen molar-refractivity contribution in [3.8, 4) is 0 Å². The molecule has 1 unspecified atom stereocenters. The smallest absolute Gasteiger partial charge is 0.350 e. The van der Waals surface area contributed by atoms with Crippen LogP contribution in [0.5, 0.6) is 0 Å². The second-order valence-corrected chi connectivity index (χ2v) is 13.6. The van der Waals surface area contributed by atoms with Crippen LogP contribution in [0.3, 0.4) is 0 Å². The van der Waals surface area contributed by atoms with E-state index in [0.29, 0.717) is 15.9 Å². The monoisotopic (exact) mass is 637 g/mol. The highest BCUT2D eigenvalue weighted by molar-refractivity contribution is 7.92. The van der Waals surface area contributed by atoms with Crippen molar-refractivity contribution < 1.29 is 31.2 Å². The number of carbonyl (C=O) groups is 2. The highest BCUT2D eigenvalue weighted by Gasteiger charge is 2.36. The zero-order valence-electron chi connectivity index (χ0n) is 24.6. The number of nitrogens with zero attached hydrogens (tertiary/aromatic N) is 2. The lowest BCUT2D eigenvalue weighted by Gasteiger charge is -2.35. The van der Waals surface area contributed by atoms with Gasteiger partial charge in [-0.25, -0.2) is 8.42 Å². The first-order valence-electron chi connectivity index (χ1n) is 13.4. The Morgan fingerprint density at radius 2 is 1.56 bits per heavy atom. The topological polar surface area (TPSA) is 86.8 Å². The molecule has 0 bridgehead atoms. The van der Waals surface area contributed by atoms with E-state index < -0.39 is 57.4 Å². The van der Waals surface area contributed by atoms with Crippen molar-refractivity contribution in [1.29, 1.82) is 0 Å². The molecule has 3 aromatic carbocycles. The number of sulfonamides is 1. The molecule has 0 fully saturated rings. The van der Waals surface area contributed by atoms with E-state index in [9.17, 15) is 31.2 Å². The fraction of sp³-hybridized carbons (Fsp3) is 0.355. The predicted molar refractivity (Wildman–Crippen MR) is 162 cm³/mol. The van der Waals surface area contributed by atoms with Crippen LogP contribution in [0.4, 0.5) is 18.9 Å². The van der Waals surface area contributed by atoms with Crippen molar-refractivity contribution in [2.75, 3.05) is 17.1 Å². The van der Waals surface area contributed by atoms with E-state index in [1.165, 1.54) is 4.90 Å². The Balaban J connectivity index is 2.14. The minimum absolute atomic E-state index is 0.0610. The molecular weight excluding hydrogens is 603 g/mol. The van der Waals surface area contributed by atoms with E-state index in [4.69, 9.17) is 11.6 Å². The Morgan fingerprint density at radius 1 is 0.953 bits per heavy atom. The minimum atomic E-state index is -4.78. The summed E-state index contributed by atoms with van der Waals surface area (Å²) < 4.78 is 67.0. The Kier molecular flexibility index (Phi) is 10.6. The SMILES string of the molecule is Cc1ccccc1CN(C(=O)CN(c1cc(C(F)(F)F)ccc1Cl)S(C)(=O)=O)C(Cc1ccccc1)C(=O)NC(C)(C)C. The molecule has 0 aliphatic carbocycles. The first-order valence-corrected chi connectivity index (χ1v) is 15.6. The average molecular weight is 638 g/mol. The molecule has 2 amide bonds. The van der Waals surface area contributed by atoms with E-state index in [0.717, 1.165) is 29.5 Å². The van der Waals surface area contributed by atoms with Gasteiger partial charge in [-0.15, -0.1) is 0 Å². The zero-order valence-corrected chi connectivity index (χ0v) is 26.1. The normalized spacial score (nSPS) is 12.9. The fourth-order valence-electron chi connectivity index (χ4n) is 4.45. The molecule has 232 valence electrons. The zero-order chi connectivity index (χ0) is 32.2. The molecule has 43 heavy (non-hydrogen) atoms. The lowest BCUT2D eigenvalue weighted by Crippen LogP contribution is -2.56. The molecule has 7 nitrogen and oxygen atoms in total. The van der Waals surface area contributed by atoms with Crippen molar-refractivity contribution in [2.24, 2.45) is 0 Å². The summed E-state index contributed by atoms with van der Waals surface area (Å²) in [4.78, 5) is 29.2. The van der Waals surface area contributed by atoms with Crippen LogP contribution >= 0.6 is 11.6 Å². The van der Waals surface area contributed by atoms with Crippen LogP contribution in [-0.4, -0.2) is 49.5 Å². The van der Waals surface area contributed by atoms with Gasteiger partial charge in [0.05, 0.1) is 22.5 Å². The van der Waals surface area contributed by atoms with Gasteiger partial charge in [-0.3, -0.25) is 13.9 Å². The van der Waals surface area contributed by atoms with Crippen molar-refractivity contribution in [3.05, 3.63) is 100 Å². The molecule has 3 rings (SSSR count). The quantitative estimate of drug-likeness (QED) is 0.296. The predicted octanol–water partition coefficient (Wildman–Crippen LogP) is 5.99. The van der Waals surface area contributed by atoms with Gasteiger partial charge in [0.2, 0.25) is 21.8 Å². The first-order chi connectivity index (χ1) is 19.9. The molecule has 1 N–H and O–H groups in total. The molecule has 0 spiro atoms. The van der Waals surface area contributed by atoms with E-state index >= 15 is 0 Å². The summed E-state index contributed by atoms with van der Waals surface area (Å²) in [5, 5.41) is 2.62. The molecule has 0 saturated carbocycles. The number of rotatable bonds is 10. The summed E-state index contributed by atoms with van der Waals surface area (Å²) >= 11 is 6.19. The van der Waals surface area contributed by atoms with Gasteiger partial charge in [0, 0.05) is 18.5 Å². The molecule has 0 aliphatic heterocycles. The molecule has 0 radical (unpaired) electrons. The molecule has 0 heterocycles. The van der Waals surface area contributed by atoms with Crippen LogP contribution in [0.25, 0.3) is 0 Å². The molecule has 1 atom stereocenters. The van der Waals surface area contributed by atoms with Crippen LogP contribution in [0, 0.1) is 6.92 Å². The van der Waals surface area contributed by atoms with Crippen LogP contribution in [0.2, 0.25) is 5.02 Å². The maximum absolute atomic E-state index is 14.2. The maximum atomic E-state index is 14.2. The Morgan fingerprint density at radius 3 is 2.12 bits per heavy atom. The molecule has 0 aromatic heterocycles. The fourth-order valence-corrected chi connectivity index (χ4v) is 5.58. The van der Waals surface area contributed by atoms with Crippen molar-refractivity contribution in [1.82, 2.24) is 10.2 Å². The average Bonchev–Trinajstić information content (AvgIpc) is 2.89. The van der Waals surface area contributed by atoms with Gasteiger partial charge in [-0.05, 0) is 62.6 Å². The number of amides is 2. The summed E-state index contributed by atoms with van der Waals surface area (Å²) in [5.41, 5.74) is 0.00270. The number of carbonyl (C=O) groups excluding carboxylic acids is 2. The van der Waals surface area contributed by atoms with Gasteiger partial charge >= 0.3 is 6.18 Å². The van der Waals surface area contributed by atoms with E-state index in [-0.39, 0.29) is 18.0 Å². The number of aryl methyl sites for hydroxylation is 1. The Bertz CT molecular complexity index is 1560. The number of benzene rings is 3. The van der Waals surface area contributed by atoms with Crippen LogP contribution in [-0.2, 0) is 38.8 Å². The van der Waals surface area contributed by atoms with Crippen molar-refractivity contribution >= 4 is 39.1 Å². The van der Waals surface area contributed by atoms with E-state index in [1.54, 1.807) is 57.2 Å². The second kappa shape index (κ2) is 13.4. The van der Waals surface area contributed by atoms with E-state index in [2.05, 4.69) is 5.32 Å². The number of halogens is 4. The van der Waals surface area contributed by atoms with Gasteiger partial charge in [0.25, 0.3) is 0 Å². The van der Waals surface area contributed by atoms with E-state index in [1.807, 2.05) is 25.1 Å². The molecular formula is C31H35ClF3N3O4S. The highest BCUT2D eigenvalue weighted by atomic mass is 35.5. The van der Waals surface area contributed by atoms with Gasteiger partial charge < -0.3 is 10.2 Å². The van der Waals surface area contributed by atoms with Gasteiger partial charge in [-0.2, -0.15) is 13.2 Å². The van der Waals surface area contributed by atoms with Gasteiger partial charge in [0.15, 0.2) is 0 Å². The van der Waals surface area contributed by atoms with Gasteiger partial charge in [0.1, 0.15) is 12.6 Å². The third-order valence-corrected chi connectivity index (χ3v) is 8.04. The lowest BCUT2D eigenvalue weighted by molar-refractivity contribution is -0.140. The summed E-state index contributed by atoms with van der Waals surface area (Å²) in [5.74, 6) is -1.27. The summed E-state index contributed by atoms with van der Waals surface area (Å²) in [7, 11) is -4.31. The van der Waals surface area contributed by atoms with Crippen molar-refractivity contribution in [3.63, 3.8) is 0 Å². The maximum Gasteiger partial charge on any atom is 0.416 e. The summed E-state index contributed by atoms with van der Waals surface area (Å²) in [6.07, 6.45) is -3.91. The minimum Gasteiger partial charge on any atom is -0.350 e. The third kappa shape index (κ3) is 9.46. The first kappa shape index (κ1) is 33.9. The number of anilines is 1. The van der Waals surface area contributed by atoms with Crippen LogP contribution in [0.1, 0.15) is 43.0 Å². The highest BCUT2D eigenvalue weighted by Crippen LogP contribution is 2.36. The number of nitrogens with one attached hydrogen (secondary N) is 1. The molecule has 12 heteroatoms. The molecule has 3 aromatic rings. The van der Waals surface area contributed by atoms with Gasteiger partial charge in [-0.1, -0.05) is 66.2 Å². The lowest BCUT2D eigenvalue weighted by atomic mass is 10.00. The Hall–Kier alpha value is -3.57. The van der Waals surface area contributed by atoms with Crippen molar-refractivity contribution in [2.45, 2.75) is 58.4 Å². The number of hydrogen-bond acceptors (Lipinski definition) is 4. The largest absolute Gasteiger partial charge is 0.416 e. The summed E-state index contributed by atoms with van der Waals surface area (Å²) in [6, 6.07) is 17.4. The second-order valence-electron chi connectivity index (χ2n) is 11.3. The third-order valence-electron chi connectivity index (χ3n) is 6.59. The Labute approximate surface area is 255 Å². The molecule has 0 saturated heterocycles. The summed E-state index contributed by atoms with van der Waals surface area (Å²) in [6.45, 7) is 6.26. The molecule has 0 aliphatic rings.